The second kappa shape index (κ2) is 6.07. The van der Waals surface area contributed by atoms with Gasteiger partial charge in [-0.2, -0.15) is 0 Å². The fraction of sp³-hybridized carbons (Fsp3) is 0.875. The maximum Gasteiger partial charge on any atom is 0.317 e. The molecule has 0 spiro atoms. The largest absolute Gasteiger partial charge is 0.481 e. The van der Waals surface area contributed by atoms with Crippen LogP contribution in [0.4, 0.5) is 4.79 Å². The first-order valence-electron chi connectivity index (χ1n) is 8.37. The lowest BCUT2D eigenvalue weighted by Crippen LogP contribution is -2.49. The molecule has 6 nitrogen and oxygen atoms in total. The molecule has 1 saturated carbocycles. The van der Waals surface area contributed by atoms with Gasteiger partial charge < -0.3 is 20.1 Å². The van der Waals surface area contributed by atoms with E-state index >= 15 is 0 Å². The summed E-state index contributed by atoms with van der Waals surface area (Å²) in [6.07, 6.45) is 4.87. The van der Waals surface area contributed by atoms with E-state index in [-0.39, 0.29) is 23.5 Å². The number of carbonyl (C=O) groups excluding carboxylic acids is 1. The van der Waals surface area contributed by atoms with E-state index in [1.54, 1.807) is 4.90 Å². The number of hydrogen-bond acceptors (Lipinski definition) is 3. The third-order valence-electron chi connectivity index (χ3n) is 5.48. The molecule has 2 amide bonds. The molecule has 2 N–H and O–H groups in total. The summed E-state index contributed by atoms with van der Waals surface area (Å²) in [5, 5.41) is 12.0. The standard InChI is InChI=1S/C16H26N2O4/c1-16(6-9-22-13(16)11-2-3-11)10-17-15(21)18-7-4-12(5-8-18)14(19)20/h11-13H,2-10H2,1H3,(H,17,21)(H,19,20). The molecule has 0 aromatic carbocycles. The van der Waals surface area contributed by atoms with Crippen LogP contribution in [0.2, 0.25) is 0 Å². The SMILES string of the molecule is CC1(CNC(=O)N2CCC(C(=O)O)CC2)CCOC1C1CC1. The number of carboxylic acids is 1. The molecule has 0 aromatic heterocycles. The average molecular weight is 310 g/mol. The Morgan fingerprint density at radius 1 is 1.27 bits per heavy atom. The van der Waals surface area contributed by atoms with Crippen molar-refractivity contribution >= 4 is 12.0 Å². The molecule has 2 unspecified atom stereocenters. The molecule has 2 saturated heterocycles. The van der Waals surface area contributed by atoms with E-state index in [1.165, 1.54) is 12.8 Å². The van der Waals surface area contributed by atoms with Gasteiger partial charge in [0.05, 0.1) is 12.0 Å². The van der Waals surface area contributed by atoms with Crippen LogP contribution in [0, 0.1) is 17.3 Å². The number of carbonyl (C=O) groups is 2. The predicted molar refractivity (Wildman–Crippen MR) is 80.5 cm³/mol. The minimum absolute atomic E-state index is 0.0379. The number of carboxylic acid groups (broad SMARTS) is 1. The number of ether oxygens (including phenoxy) is 1. The van der Waals surface area contributed by atoms with E-state index in [0.29, 0.717) is 38.4 Å². The Kier molecular flexibility index (Phi) is 4.30. The van der Waals surface area contributed by atoms with Crippen LogP contribution in [-0.2, 0) is 9.53 Å². The van der Waals surface area contributed by atoms with Crippen LogP contribution in [0.5, 0.6) is 0 Å². The van der Waals surface area contributed by atoms with Gasteiger partial charge in [0.2, 0.25) is 0 Å². The van der Waals surface area contributed by atoms with E-state index in [0.717, 1.165) is 13.0 Å². The van der Waals surface area contributed by atoms with Crippen LogP contribution in [0.3, 0.4) is 0 Å². The first-order valence-corrected chi connectivity index (χ1v) is 8.37. The van der Waals surface area contributed by atoms with Crippen LogP contribution >= 0.6 is 0 Å². The number of hydrogen-bond donors (Lipinski definition) is 2. The highest BCUT2D eigenvalue weighted by molar-refractivity contribution is 5.75. The van der Waals surface area contributed by atoms with Gasteiger partial charge in [0.15, 0.2) is 0 Å². The van der Waals surface area contributed by atoms with Crippen molar-refractivity contribution in [1.82, 2.24) is 10.2 Å². The highest BCUT2D eigenvalue weighted by atomic mass is 16.5. The van der Waals surface area contributed by atoms with Crippen LogP contribution in [0.1, 0.15) is 39.0 Å². The topological polar surface area (TPSA) is 78.9 Å². The summed E-state index contributed by atoms with van der Waals surface area (Å²) >= 11 is 0. The first kappa shape index (κ1) is 15.6. The van der Waals surface area contributed by atoms with Gasteiger partial charge in [-0.05, 0) is 38.0 Å². The molecule has 6 heteroatoms. The number of aliphatic carboxylic acids is 1. The second-order valence-electron chi connectivity index (χ2n) is 7.29. The van der Waals surface area contributed by atoms with Crippen molar-refractivity contribution in [3.63, 3.8) is 0 Å². The number of nitrogens with one attached hydrogen (secondary N) is 1. The lowest BCUT2D eigenvalue weighted by Gasteiger charge is -2.34. The van der Waals surface area contributed by atoms with Gasteiger partial charge in [-0.3, -0.25) is 4.79 Å². The van der Waals surface area contributed by atoms with E-state index in [1.807, 2.05) is 0 Å². The van der Waals surface area contributed by atoms with Crippen molar-refractivity contribution < 1.29 is 19.4 Å². The normalized spacial score (nSPS) is 33.0. The van der Waals surface area contributed by atoms with E-state index in [9.17, 15) is 9.59 Å². The summed E-state index contributed by atoms with van der Waals surface area (Å²) in [6, 6.07) is -0.0634. The van der Waals surface area contributed by atoms with E-state index in [4.69, 9.17) is 9.84 Å². The van der Waals surface area contributed by atoms with E-state index in [2.05, 4.69) is 12.2 Å². The second-order valence-corrected chi connectivity index (χ2v) is 7.29. The molecule has 0 aromatic rings. The lowest BCUT2D eigenvalue weighted by molar-refractivity contribution is -0.143. The van der Waals surface area contributed by atoms with Gasteiger partial charge in [0.25, 0.3) is 0 Å². The van der Waals surface area contributed by atoms with Gasteiger partial charge in [-0.25, -0.2) is 4.79 Å². The zero-order chi connectivity index (χ0) is 15.7. The Morgan fingerprint density at radius 2 is 1.95 bits per heavy atom. The molecule has 22 heavy (non-hydrogen) atoms. The van der Waals surface area contributed by atoms with Gasteiger partial charge in [-0.1, -0.05) is 6.92 Å². The fourth-order valence-corrected chi connectivity index (χ4v) is 3.77. The van der Waals surface area contributed by atoms with Crippen LogP contribution in [-0.4, -0.2) is 54.4 Å². The molecular weight excluding hydrogens is 284 g/mol. The van der Waals surface area contributed by atoms with Gasteiger partial charge in [0, 0.05) is 31.7 Å². The van der Waals surface area contributed by atoms with Gasteiger partial charge >= 0.3 is 12.0 Å². The number of piperidine rings is 1. The van der Waals surface area contributed by atoms with Crippen molar-refractivity contribution in [2.75, 3.05) is 26.2 Å². The molecule has 1 aliphatic carbocycles. The molecule has 3 rings (SSSR count). The molecular formula is C16H26N2O4. The summed E-state index contributed by atoms with van der Waals surface area (Å²) in [6.45, 7) is 4.70. The lowest BCUT2D eigenvalue weighted by atomic mass is 9.81. The molecule has 2 heterocycles. The van der Waals surface area contributed by atoms with Crippen molar-refractivity contribution in [2.45, 2.75) is 45.1 Å². The van der Waals surface area contributed by atoms with E-state index < -0.39 is 5.97 Å². The van der Waals surface area contributed by atoms with Crippen molar-refractivity contribution in [3.8, 4) is 0 Å². The summed E-state index contributed by atoms with van der Waals surface area (Å²) in [4.78, 5) is 25.0. The maximum absolute atomic E-state index is 12.3. The minimum atomic E-state index is -0.747. The highest BCUT2D eigenvalue weighted by Gasteiger charge is 2.48. The number of urea groups is 1. The fourth-order valence-electron chi connectivity index (χ4n) is 3.77. The molecule has 3 fully saturated rings. The van der Waals surface area contributed by atoms with Crippen LogP contribution in [0.15, 0.2) is 0 Å². The van der Waals surface area contributed by atoms with Gasteiger partial charge in [0.1, 0.15) is 0 Å². The zero-order valence-corrected chi connectivity index (χ0v) is 13.2. The molecule has 124 valence electrons. The molecule has 3 aliphatic rings. The molecule has 0 bridgehead atoms. The monoisotopic (exact) mass is 310 g/mol. The predicted octanol–water partition coefficient (Wildman–Crippen LogP) is 1.70. The quantitative estimate of drug-likeness (QED) is 0.828. The van der Waals surface area contributed by atoms with Crippen molar-refractivity contribution in [3.05, 3.63) is 0 Å². The third kappa shape index (κ3) is 3.21. The Bertz CT molecular complexity index is 443. The zero-order valence-electron chi connectivity index (χ0n) is 13.2. The summed E-state index contributed by atoms with van der Waals surface area (Å²) < 4.78 is 5.88. The molecule has 2 atom stereocenters. The number of likely N-dealkylation sites (tertiary alicyclic amines) is 1. The molecule has 2 aliphatic heterocycles. The number of amides is 2. The number of nitrogens with zero attached hydrogens (tertiary/aromatic N) is 1. The minimum Gasteiger partial charge on any atom is -0.481 e. The Morgan fingerprint density at radius 3 is 2.55 bits per heavy atom. The Hall–Kier alpha value is -1.30. The summed E-state index contributed by atoms with van der Waals surface area (Å²) in [5.74, 6) is -0.372. The summed E-state index contributed by atoms with van der Waals surface area (Å²) in [7, 11) is 0. The average Bonchev–Trinajstić information content (AvgIpc) is 3.28. The third-order valence-corrected chi connectivity index (χ3v) is 5.48. The maximum atomic E-state index is 12.3. The highest BCUT2D eigenvalue weighted by Crippen LogP contribution is 2.47. The Balaban J connectivity index is 1.47. The Labute approximate surface area is 131 Å². The number of rotatable bonds is 4. The smallest absolute Gasteiger partial charge is 0.317 e. The van der Waals surface area contributed by atoms with Crippen LogP contribution in [0.25, 0.3) is 0 Å². The van der Waals surface area contributed by atoms with Crippen LogP contribution < -0.4 is 5.32 Å². The van der Waals surface area contributed by atoms with Crippen molar-refractivity contribution in [1.29, 1.82) is 0 Å². The van der Waals surface area contributed by atoms with Gasteiger partial charge in [-0.15, -0.1) is 0 Å². The van der Waals surface area contributed by atoms with Crippen molar-refractivity contribution in [2.24, 2.45) is 17.3 Å². The molecule has 0 radical (unpaired) electrons. The first-order chi connectivity index (χ1) is 10.5. The summed E-state index contributed by atoms with van der Waals surface area (Å²) in [5.41, 5.74) is 0.0379.